The highest BCUT2D eigenvalue weighted by Gasteiger charge is 2.17. The second kappa shape index (κ2) is 11.2. The summed E-state index contributed by atoms with van der Waals surface area (Å²) in [6.45, 7) is 0. The second-order valence-corrected chi connectivity index (χ2v) is 11.6. The monoisotopic (exact) mass is 601 g/mol. The van der Waals surface area contributed by atoms with E-state index in [4.69, 9.17) is 19.9 Å². The van der Waals surface area contributed by atoms with Crippen LogP contribution in [0.5, 0.6) is 0 Å². The van der Waals surface area contributed by atoms with Crippen LogP contribution in [0.15, 0.2) is 164 Å². The Labute approximate surface area is 271 Å². The fourth-order valence-electron chi connectivity index (χ4n) is 6.43. The summed E-state index contributed by atoms with van der Waals surface area (Å²) in [6, 6.07) is 54.3. The lowest BCUT2D eigenvalue weighted by atomic mass is 10.0. The molecule has 5 heteroatoms. The topological polar surface area (TPSA) is 56.5 Å². The van der Waals surface area contributed by atoms with Crippen LogP contribution in [0.25, 0.3) is 83.7 Å². The van der Waals surface area contributed by atoms with Crippen LogP contribution < -0.4 is 0 Å². The maximum Gasteiger partial charge on any atom is 0.165 e. The molecule has 220 valence electrons. The van der Waals surface area contributed by atoms with Crippen LogP contribution in [0.3, 0.4) is 0 Å². The highest BCUT2D eigenvalue weighted by atomic mass is 15.1. The molecule has 0 N–H and O–H groups in total. The zero-order valence-corrected chi connectivity index (χ0v) is 25.3. The number of rotatable bonds is 5. The van der Waals surface area contributed by atoms with E-state index in [2.05, 4.69) is 126 Å². The minimum absolute atomic E-state index is 0.577. The third-order valence-corrected chi connectivity index (χ3v) is 8.72. The number of nitrogens with zero attached hydrogens (tertiary/aromatic N) is 5. The van der Waals surface area contributed by atoms with Crippen LogP contribution in [0, 0.1) is 0 Å². The molecule has 0 amide bonds. The zero-order valence-electron chi connectivity index (χ0n) is 25.3. The molecule has 0 fully saturated rings. The number of hydrogen-bond donors (Lipinski definition) is 0. The van der Waals surface area contributed by atoms with E-state index in [0.29, 0.717) is 17.5 Å². The maximum atomic E-state index is 4.99. The number of para-hydroxylation sites is 1. The number of hydrogen-bond acceptors (Lipinski definition) is 4. The lowest BCUT2D eigenvalue weighted by Gasteiger charge is -2.10. The summed E-state index contributed by atoms with van der Waals surface area (Å²) in [5, 5.41) is 4.90. The molecule has 0 unspecified atom stereocenters. The molecule has 0 aliphatic rings. The quantitative estimate of drug-likeness (QED) is 0.197. The molecule has 9 aromatic rings. The number of benzene rings is 6. The SMILES string of the molecule is c1ccc(-c2ccc(-c3nc(-c4ccccc4)nc(-c4ccc(-n5c6ccccc6c6c7ccccc7ccc65)nc4)n3)cc2)cc1. The Balaban J connectivity index is 1.16. The van der Waals surface area contributed by atoms with Gasteiger partial charge in [-0.25, -0.2) is 19.9 Å². The molecule has 0 aliphatic carbocycles. The lowest BCUT2D eigenvalue weighted by molar-refractivity contribution is 1.05. The number of aromatic nitrogens is 5. The van der Waals surface area contributed by atoms with E-state index in [1.54, 1.807) is 0 Å². The van der Waals surface area contributed by atoms with Gasteiger partial charge in [-0.1, -0.05) is 133 Å². The Morgan fingerprint density at radius 3 is 1.60 bits per heavy atom. The van der Waals surface area contributed by atoms with Gasteiger partial charge in [-0.3, -0.25) is 4.57 Å². The molecule has 0 saturated heterocycles. The van der Waals surface area contributed by atoms with E-state index in [1.165, 1.54) is 27.1 Å². The van der Waals surface area contributed by atoms with Gasteiger partial charge in [0.1, 0.15) is 5.82 Å². The van der Waals surface area contributed by atoms with Crippen molar-refractivity contribution in [1.82, 2.24) is 24.5 Å². The summed E-state index contributed by atoms with van der Waals surface area (Å²) < 4.78 is 2.24. The molecule has 47 heavy (non-hydrogen) atoms. The van der Waals surface area contributed by atoms with E-state index in [0.717, 1.165) is 39.1 Å². The Kier molecular flexibility index (Phi) is 6.39. The Bertz CT molecular complexity index is 2540. The zero-order chi connectivity index (χ0) is 31.2. The standard InChI is InChI=1S/C42H27N5/c1-3-11-28(12-4-1)29-19-21-32(22-20-29)41-44-40(31-14-5-2-6-15-31)45-42(46-41)33-24-26-38(43-27-33)47-36-18-10-9-17-35(36)39-34-16-8-7-13-30(34)23-25-37(39)47/h1-27H. The molecule has 0 aliphatic heterocycles. The molecule has 5 nitrogen and oxygen atoms in total. The first kappa shape index (κ1) is 26.9. The molecule has 9 rings (SSSR count). The summed E-state index contributed by atoms with van der Waals surface area (Å²) >= 11 is 0. The van der Waals surface area contributed by atoms with E-state index >= 15 is 0 Å². The average Bonchev–Trinajstić information content (AvgIpc) is 3.50. The van der Waals surface area contributed by atoms with Gasteiger partial charge in [-0.2, -0.15) is 0 Å². The first-order valence-electron chi connectivity index (χ1n) is 15.7. The normalized spacial score (nSPS) is 11.4. The van der Waals surface area contributed by atoms with Crippen molar-refractivity contribution in [1.29, 1.82) is 0 Å². The van der Waals surface area contributed by atoms with E-state index in [-0.39, 0.29) is 0 Å². The minimum atomic E-state index is 0.577. The molecule has 0 atom stereocenters. The second-order valence-electron chi connectivity index (χ2n) is 11.6. The van der Waals surface area contributed by atoms with Gasteiger partial charge in [-0.05, 0) is 46.2 Å². The fourth-order valence-corrected chi connectivity index (χ4v) is 6.43. The van der Waals surface area contributed by atoms with Crippen molar-refractivity contribution in [3.63, 3.8) is 0 Å². The molecule has 3 heterocycles. The maximum absolute atomic E-state index is 4.99. The highest BCUT2D eigenvalue weighted by Crippen LogP contribution is 2.36. The number of pyridine rings is 1. The molecule has 0 radical (unpaired) electrons. The molecule has 0 spiro atoms. The van der Waals surface area contributed by atoms with E-state index in [9.17, 15) is 0 Å². The summed E-state index contributed by atoms with van der Waals surface area (Å²) in [7, 11) is 0. The van der Waals surface area contributed by atoms with Gasteiger partial charge in [0, 0.05) is 33.7 Å². The number of fused-ring (bicyclic) bond motifs is 5. The van der Waals surface area contributed by atoms with E-state index < -0.39 is 0 Å². The van der Waals surface area contributed by atoms with Gasteiger partial charge in [0.25, 0.3) is 0 Å². The van der Waals surface area contributed by atoms with Crippen LogP contribution in [-0.4, -0.2) is 24.5 Å². The van der Waals surface area contributed by atoms with Crippen molar-refractivity contribution in [3.8, 4) is 51.1 Å². The summed E-state index contributed by atoms with van der Waals surface area (Å²) in [6.07, 6.45) is 1.86. The summed E-state index contributed by atoms with van der Waals surface area (Å²) in [5.41, 5.74) is 7.23. The third kappa shape index (κ3) is 4.73. The van der Waals surface area contributed by atoms with Crippen molar-refractivity contribution in [3.05, 3.63) is 164 Å². The Hall–Kier alpha value is -6.46. The van der Waals surface area contributed by atoms with Crippen LogP contribution in [0.1, 0.15) is 0 Å². The van der Waals surface area contributed by atoms with Crippen LogP contribution >= 0.6 is 0 Å². The summed E-state index contributed by atoms with van der Waals surface area (Å²) in [5.74, 6) is 2.65. The molecule has 0 bridgehead atoms. The molecule has 3 aromatic heterocycles. The van der Waals surface area contributed by atoms with Gasteiger partial charge in [0.15, 0.2) is 17.5 Å². The third-order valence-electron chi connectivity index (χ3n) is 8.72. The van der Waals surface area contributed by atoms with Crippen LogP contribution in [0.2, 0.25) is 0 Å². The Morgan fingerprint density at radius 1 is 0.362 bits per heavy atom. The van der Waals surface area contributed by atoms with Gasteiger partial charge in [0.2, 0.25) is 0 Å². The predicted molar refractivity (Wildman–Crippen MR) is 191 cm³/mol. The van der Waals surface area contributed by atoms with E-state index in [1.807, 2.05) is 42.6 Å². The highest BCUT2D eigenvalue weighted by molar-refractivity contribution is 6.21. The van der Waals surface area contributed by atoms with Gasteiger partial charge >= 0.3 is 0 Å². The summed E-state index contributed by atoms with van der Waals surface area (Å²) in [4.78, 5) is 19.8. The Morgan fingerprint density at radius 2 is 0.894 bits per heavy atom. The van der Waals surface area contributed by atoms with Crippen LogP contribution in [0.4, 0.5) is 0 Å². The van der Waals surface area contributed by atoms with Crippen molar-refractivity contribution >= 4 is 32.6 Å². The smallest absolute Gasteiger partial charge is 0.165 e. The van der Waals surface area contributed by atoms with Gasteiger partial charge in [-0.15, -0.1) is 0 Å². The first-order valence-corrected chi connectivity index (χ1v) is 15.7. The molecule has 0 saturated carbocycles. The average molecular weight is 602 g/mol. The first-order chi connectivity index (χ1) is 23.3. The van der Waals surface area contributed by atoms with Crippen molar-refractivity contribution in [2.45, 2.75) is 0 Å². The van der Waals surface area contributed by atoms with Crippen molar-refractivity contribution in [2.24, 2.45) is 0 Å². The van der Waals surface area contributed by atoms with Crippen molar-refractivity contribution in [2.75, 3.05) is 0 Å². The van der Waals surface area contributed by atoms with Gasteiger partial charge in [0.05, 0.1) is 11.0 Å². The van der Waals surface area contributed by atoms with Crippen LogP contribution in [-0.2, 0) is 0 Å². The largest absolute Gasteiger partial charge is 0.294 e. The van der Waals surface area contributed by atoms with Crippen molar-refractivity contribution < 1.29 is 0 Å². The fraction of sp³-hybridized carbons (Fsp3) is 0. The minimum Gasteiger partial charge on any atom is -0.294 e. The molecule has 6 aromatic carbocycles. The lowest BCUT2D eigenvalue weighted by Crippen LogP contribution is -2.01. The molecular weight excluding hydrogens is 574 g/mol. The predicted octanol–water partition coefficient (Wildman–Crippen LogP) is 10.2. The van der Waals surface area contributed by atoms with Gasteiger partial charge < -0.3 is 0 Å². The molecular formula is C42H27N5.